The second-order valence-electron chi connectivity index (χ2n) is 3.43. The van der Waals surface area contributed by atoms with Gasteiger partial charge in [0.25, 0.3) is 5.69 Å². The maximum absolute atomic E-state index is 11.4. The Kier molecular flexibility index (Phi) is 5.21. The van der Waals surface area contributed by atoms with Crippen molar-refractivity contribution in [2.24, 2.45) is 0 Å². The Balaban J connectivity index is 3.17. The molecule has 8 nitrogen and oxygen atoms in total. The van der Waals surface area contributed by atoms with Gasteiger partial charge in [0.15, 0.2) is 0 Å². The van der Waals surface area contributed by atoms with Gasteiger partial charge in [-0.1, -0.05) is 12.7 Å². The van der Waals surface area contributed by atoms with E-state index in [1.54, 1.807) is 0 Å². The first-order chi connectivity index (χ1) is 9.36. The summed E-state index contributed by atoms with van der Waals surface area (Å²) >= 11 is 2.97. The van der Waals surface area contributed by atoms with Crippen molar-refractivity contribution in [3.63, 3.8) is 0 Å². The minimum Gasteiger partial charge on any atom is -0.478 e. The van der Waals surface area contributed by atoms with Crippen molar-refractivity contribution in [1.29, 1.82) is 0 Å². The molecule has 1 rings (SSSR count). The highest BCUT2D eigenvalue weighted by molar-refractivity contribution is 9.10. The number of nitrogens with one attached hydrogen (secondary N) is 1. The lowest BCUT2D eigenvalue weighted by molar-refractivity contribution is -0.384. The normalized spacial score (nSPS) is 9.65. The van der Waals surface area contributed by atoms with Crippen LogP contribution in [0.3, 0.4) is 0 Å². The highest BCUT2D eigenvalue weighted by Gasteiger charge is 2.23. The summed E-state index contributed by atoms with van der Waals surface area (Å²) in [5.74, 6) is -1.32. The van der Waals surface area contributed by atoms with E-state index in [1.807, 2.05) is 0 Å². The van der Waals surface area contributed by atoms with E-state index < -0.39 is 22.7 Å². The van der Waals surface area contributed by atoms with E-state index in [-0.39, 0.29) is 22.3 Å². The van der Waals surface area contributed by atoms with Crippen molar-refractivity contribution in [1.82, 2.24) is 0 Å². The fraction of sp³-hybridized carbons (Fsp3) is 0.0909. The third-order valence-corrected chi connectivity index (χ3v) is 2.70. The quantitative estimate of drug-likeness (QED) is 0.481. The maximum Gasteiger partial charge on any atom is 0.412 e. The van der Waals surface area contributed by atoms with Crippen LogP contribution in [0.2, 0.25) is 0 Å². The standard InChI is InChI=1S/C11H9BrN2O6/c1-2-3-20-11(17)13-9-7(12)4-6(10(15)16)5-8(9)14(18)19/h2,4-5H,1,3H2,(H,13,17)(H,15,16). The van der Waals surface area contributed by atoms with Gasteiger partial charge in [-0.3, -0.25) is 15.4 Å². The minimum absolute atomic E-state index is 0.0552. The van der Waals surface area contributed by atoms with E-state index in [4.69, 9.17) is 5.11 Å². The van der Waals surface area contributed by atoms with Crippen molar-refractivity contribution in [3.05, 3.63) is 44.9 Å². The fourth-order valence-corrected chi connectivity index (χ4v) is 1.81. The molecular weight excluding hydrogens is 336 g/mol. The SMILES string of the molecule is C=CCOC(=O)Nc1c(Br)cc(C(=O)O)cc1[N+](=O)[O-]. The average molecular weight is 345 g/mol. The second kappa shape index (κ2) is 6.66. The number of benzene rings is 1. The summed E-state index contributed by atoms with van der Waals surface area (Å²) < 4.78 is 4.69. The molecule has 0 unspecified atom stereocenters. The number of nitro groups is 1. The zero-order valence-corrected chi connectivity index (χ0v) is 11.5. The summed E-state index contributed by atoms with van der Waals surface area (Å²) in [4.78, 5) is 32.3. The summed E-state index contributed by atoms with van der Waals surface area (Å²) in [5.41, 5.74) is -1.03. The number of aromatic carboxylic acids is 1. The molecule has 0 radical (unpaired) electrons. The number of carbonyl (C=O) groups is 2. The van der Waals surface area contributed by atoms with Crippen molar-refractivity contribution >= 4 is 39.4 Å². The Bertz CT molecular complexity index is 587. The molecule has 0 aliphatic carbocycles. The van der Waals surface area contributed by atoms with Crippen molar-refractivity contribution in [3.8, 4) is 0 Å². The molecular formula is C11H9BrN2O6. The van der Waals surface area contributed by atoms with Gasteiger partial charge in [0.1, 0.15) is 12.3 Å². The summed E-state index contributed by atoms with van der Waals surface area (Å²) in [6.45, 7) is 3.28. The molecule has 1 amide bonds. The number of carboxylic acid groups (broad SMARTS) is 1. The van der Waals surface area contributed by atoms with Gasteiger partial charge in [-0.2, -0.15) is 0 Å². The van der Waals surface area contributed by atoms with E-state index >= 15 is 0 Å². The summed E-state index contributed by atoms with van der Waals surface area (Å²) in [5, 5.41) is 21.9. The van der Waals surface area contributed by atoms with Crippen LogP contribution in [-0.4, -0.2) is 28.7 Å². The molecule has 0 saturated heterocycles. The number of anilines is 1. The van der Waals surface area contributed by atoms with Gasteiger partial charge in [-0.25, -0.2) is 9.59 Å². The zero-order chi connectivity index (χ0) is 15.3. The van der Waals surface area contributed by atoms with Crippen LogP contribution in [0.1, 0.15) is 10.4 Å². The molecule has 1 aromatic carbocycles. The molecule has 0 spiro atoms. The number of carboxylic acids is 1. The lowest BCUT2D eigenvalue weighted by Crippen LogP contribution is -2.15. The Labute approximate surface area is 121 Å². The van der Waals surface area contributed by atoms with E-state index in [0.29, 0.717) is 0 Å². The average Bonchev–Trinajstić information content (AvgIpc) is 2.37. The molecule has 106 valence electrons. The highest BCUT2D eigenvalue weighted by atomic mass is 79.9. The van der Waals surface area contributed by atoms with Crippen LogP contribution in [0, 0.1) is 10.1 Å². The number of ether oxygens (including phenoxy) is 1. The second-order valence-corrected chi connectivity index (χ2v) is 4.28. The van der Waals surface area contributed by atoms with Crippen molar-refractivity contribution in [2.75, 3.05) is 11.9 Å². The number of hydrogen-bond donors (Lipinski definition) is 2. The monoisotopic (exact) mass is 344 g/mol. The number of rotatable bonds is 5. The van der Waals surface area contributed by atoms with Gasteiger partial charge in [-0.15, -0.1) is 0 Å². The van der Waals surface area contributed by atoms with Gasteiger partial charge in [0.2, 0.25) is 0 Å². The number of nitrogens with zero attached hydrogens (tertiary/aromatic N) is 1. The molecule has 0 aromatic heterocycles. The maximum atomic E-state index is 11.4. The molecule has 1 aromatic rings. The fourth-order valence-electron chi connectivity index (χ4n) is 1.26. The van der Waals surface area contributed by atoms with E-state index in [0.717, 1.165) is 12.1 Å². The van der Waals surface area contributed by atoms with Gasteiger partial charge >= 0.3 is 12.1 Å². The van der Waals surface area contributed by atoms with Gasteiger partial charge < -0.3 is 9.84 Å². The molecule has 0 fully saturated rings. The van der Waals surface area contributed by atoms with E-state index in [2.05, 4.69) is 32.6 Å². The molecule has 0 saturated carbocycles. The molecule has 9 heteroatoms. The molecule has 0 atom stereocenters. The van der Waals surface area contributed by atoms with Crippen LogP contribution in [0.5, 0.6) is 0 Å². The third-order valence-electron chi connectivity index (χ3n) is 2.07. The zero-order valence-electron chi connectivity index (χ0n) is 9.96. The molecule has 0 aliphatic rings. The summed E-state index contributed by atoms with van der Waals surface area (Å²) in [6.07, 6.45) is 0.410. The number of halogens is 1. The Hall–Kier alpha value is -2.42. The number of amides is 1. The smallest absolute Gasteiger partial charge is 0.412 e. The van der Waals surface area contributed by atoms with Crippen LogP contribution in [0.25, 0.3) is 0 Å². The predicted octanol–water partition coefficient (Wildman–Crippen LogP) is 2.79. The van der Waals surface area contributed by atoms with Crippen LogP contribution < -0.4 is 5.32 Å². The molecule has 2 N–H and O–H groups in total. The Morgan fingerprint density at radius 2 is 2.20 bits per heavy atom. The first-order valence-electron chi connectivity index (χ1n) is 5.12. The van der Waals surface area contributed by atoms with Gasteiger partial charge in [0.05, 0.1) is 10.5 Å². The first kappa shape index (κ1) is 15.6. The number of nitro benzene ring substituents is 1. The summed E-state index contributed by atoms with van der Waals surface area (Å²) in [7, 11) is 0. The third kappa shape index (κ3) is 3.79. The topological polar surface area (TPSA) is 119 Å². The highest BCUT2D eigenvalue weighted by Crippen LogP contribution is 2.34. The number of hydrogen-bond acceptors (Lipinski definition) is 5. The van der Waals surface area contributed by atoms with E-state index in [9.17, 15) is 19.7 Å². The van der Waals surface area contributed by atoms with Crippen LogP contribution >= 0.6 is 15.9 Å². The molecule has 20 heavy (non-hydrogen) atoms. The van der Waals surface area contributed by atoms with Crippen molar-refractivity contribution < 1.29 is 24.4 Å². The Morgan fingerprint density at radius 3 is 2.70 bits per heavy atom. The van der Waals surface area contributed by atoms with Crippen molar-refractivity contribution in [2.45, 2.75) is 0 Å². The van der Waals surface area contributed by atoms with E-state index in [1.165, 1.54) is 6.08 Å². The molecule has 0 heterocycles. The molecule has 0 bridgehead atoms. The Morgan fingerprint density at radius 1 is 1.55 bits per heavy atom. The summed E-state index contributed by atoms with van der Waals surface area (Å²) in [6, 6.07) is 1.98. The minimum atomic E-state index is -1.32. The lowest BCUT2D eigenvalue weighted by atomic mass is 10.1. The van der Waals surface area contributed by atoms with Gasteiger partial charge in [-0.05, 0) is 22.0 Å². The predicted molar refractivity (Wildman–Crippen MR) is 72.9 cm³/mol. The van der Waals surface area contributed by atoms with Gasteiger partial charge in [0, 0.05) is 10.5 Å². The first-order valence-corrected chi connectivity index (χ1v) is 5.92. The van der Waals surface area contributed by atoms with Crippen LogP contribution in [-0.2, 0) is 4.74 Å². The van der Waals surface area contributed by atoms with Crippen LogP contribution in [0.4, 0.5) is 16.2 Å². The largest absolute Gasteiger partial charge is 0.478 e. The molecule has 0 aliphatic heterocycles. The van der Waals surface area contributed by atoms with Crippen LogP contribution in [0.15, 0.2) is 29.3 Å². The lowest BCUT2D eigenvalue weighted by Gasteiger charge is -2.09. The number of carbonyl (C=O) groups excluding carboxylic acids is 1.